The van der Waals surface area contributed by atoms with Crippen LogP contribution in [-0.4, -0.2) is 22.6 Å². The highest BCUT2D eigenvalue weighted by atomic mass is 35.5. The van der Waals surface area contributed by atoms with Gasteiger partial charge < -0.3 is 9.88 Å². The summed E-state index contributed by atoms with van der Waals surface area (Å²) in [6, 6.07) is 3.70. The zero-order valence-corrected chi connectivity index (χ0v) is 13.2. The second-order valence-corrected chi connectivity index (χ2v) is 5.65. The summed E-state index contributed by atoms with van der Waals surface area (Å²) in [6.45, 7) is 2.79. The highest BCUT2D eigenvalue weighted by Crippen LogP contribution is 2.32. The SMILES string of the molecule is Clc1ccc(CCNCCCn2ccnc2)c(Cl)c1Cl. The van der Waals surface area contributed by atoms with Gasteiger partial charge in [-0.25, -0.2) is 4.98 Å². The van der Waals surface area contributed by atoms with Crippen LogP contribution in [0.25, 0.3) is 0 Å². The number of hydrogen-bond donors (Lipinski definition) is 1. The van der Waals surface area contributed by atoms with Crippen LogP contribution in [0, 0.1) is 0 Å². The maximum absolute atomic E-state index is 6.15. The first-order chi connectivity index (χ1) is 9.68. The maximum atomic E-state index is 6.15. The molecule has 0 saturated carbocycles. The van der Waals surface area contributed by atoms with Crippen molar-refractivity contribution < 1.29 is 0 Å². The monoisotopic (exact) mass is 331 g/mol. The number of nitrogens with one attached hydrogen (secondary N) is 1. The third-order valence-corrected chi connectivity index (χ3v) is 4.35. The van der Waals surface area contributed by atoms with E-state index < -0.39 is 0 Å². The third-order valence-electron chi connectivity index (χ3n) is 3.02. The summed E-state index contributed by atoms with van der Waals surface area (Å²) in [7, 11) is 0. The number of halogens is 3. The fourth-order valence-electron chi connectivity index (χ4n) is 1.91. The van der Waals surface area contributed by atoms with Gasteiger partial charge in [-0.1, -0.05) is 40.9 Å². The van der Waals surface area contributed by atoms with Crippen LogP contribution in [0.5, 0.6) is 0 Å². The lowest BCUT2D eigenvalue weighted by molar-refractivity contribution is 0.582. The molecular weight excluding hydrogens is 317 g/mol. The first-order valence-corrected chi connectivity index (χ1v) is 7.60. The minimum absolute atomic E-state index is 0.436. The second-order valence-electron chi connectivity index (χ2n) is 4.49. The Balaban J connectivity index is 1.67. The first kappa shape index (κ1) is 15.6. The van der Waals surface area contributed by atoms with Crippen LogP contribution < -0.4 is 5.32 Å². The van der Waals surface area contributed by atoms with Gasteiger partial charge in [-0.05, 0) is 37.6 Å². The molecule has 2 aromatic rings. The molecule has 0 bridgehead atoms. The summed E-state index contributed by atoms with van der Waals surface area (Å²) in [5.41, 5.74) is 1.02. The quantitative estimate of drug-likeness (QED) is 0.612. The molecule has 3 nitrogen and oxygen atoms in total. The van der Waals surface area contributed by atoms with E-state index in [9.17, 15) is 0 Å². The molecule has 0 saturated heterocycles. The standard InChI is InChI=1S/C14H16Cl3N3/c15-12-3-2-11(13(16)14(12)17)4-6-18-5-1-8-20-9-7-19-10-20/h2-3,7,9-10,18H,1,4-6,8H2. The van der Waals surface area contributed by atoms with E-state index in [0.29, 0.717) is 15.1 Å². The molecule has 20 heavy (non-hydrogen) atoms. The lowest BCUT2D eigenvalue weighted by Crippen LogP contribution is -2.19. The topological polar surface area (TPSA) is 29.9 Å². The molecule has 0 aliphatic heterocycles. The van der Waals surface area contributed by atoms with Crippen LogP contribution in [0.15, 0.2) is 30.9 Å². The fraction of sp³-hybridized carbons (Fsp3) is 0.357. The Morgan fingerprint density at radius 2 is 1.95 bits per heavy atom. The zero-order valence-electron chi connectivity index (χ0n) is 11.0. The van der Waals surface area contributed by atoms with Gasteiger partial charge in [0.2, 0.25) is 0 Å². The Kier molecular flexibility index (Phi) is 6.17. The van der Waals surface area contributed by atoms with Crippen LogP contribution in [-0.2, 0) is 13.0 Å². The number of rotatable bonds is 7. The average Bonchev–Trinajstić information content (AvgIpc) is 2.95. The molecule has 0 aliphatic carbocycles. The lowest BCUT2D eigenvalue weighted by Gasteiger charge is -2.08. The van der Waals surface area contributed by atoms with Crippen LogP contribution in [0.1, 0.15) is 12.0 Å². The number of benzene rings is 1. The van der Waals surface area contributed by atoms with Crippen molar-refractivity contribution in [1.82, 2.24) is 14.9 Å². The molecule has 1 heterocycles. The summed E-state index contributed by atoms with van der Waals surface area (Å²) >= 11 is 18.1. The lowest BCUT2D eigenvalue weighted by atomic mass is 10.1. The fourth-order valence-corrected chi connectivity index (χ4v) is 2.56. The predicted molar refractivity (Wildman–Crippen MR) is 84.9 cm³/mol. The van der Waals surface area contributed by atoms with E-state index in [4.69, 9.17) is 34.8 Å². The molecule has 6 heteroatoms. The van der Waals surface area contributed by atoms with Gasteiger partial charge in [-0.15, -0.1) is 0 Å². The van der Waals surface area contributed by atoms with E-state index in [1.54, 1.807) is 12.3 Å². The number of imidazole rings is 1. The molecule has 0 fully saturated rings. The van der Waals surface area contributed by atoms with Gasteiger partial charge in [0.25, 0.3) is 0 Å². The largest absolute Gasteiger partial charge is 0.337 e. The van der Waals surface area contributed by atoms with Gasteiger partial charge in [0.05, 0.1) is 21.4 Å². The molecule has 1 aromatic heterocycles. The molecule has 1 aromatic carbocycles. The number of hydrogen-bond acceptors (Lipinski definition) is 2. The van der Waals surface area contributed by atoms with Gasteiger partial charge in [0.15, 0.2) is 0 Å². The predicted octanol–water partition coefficient (Wildman–Crippen LogP) is 4.07. The highest BCUT2D eigenvalue weighted by Gasteiger charge is 2.07. The van der Waals surface area contributed by atoms with E-state index in [2.05, 4.69) is 14.9 Å². The molecule has 0 aliphatic rings. The van der Waals surface area contributed by atoms with Crippen LogP contribution in [0.2, 0.25) is 15.1 Å². The summed E-state index contributed by atoms with van der Waals surface area (Å²) < 4.78 is 2.07. The summed E-state index contributed by atoms with van der Waals surface area (Å²) in [6.07, 6.45) is 7.48. The van der Waals surface area contributed by atoms with Gasteiger partial charge in [0, 0.05) is 18.9 Å². The molecular formula is C14H16Cl3N3. The highest BCUT2D eigenvalue weighted by molar-refractivity contribution is 6.48. The molecule has 0 spiro atoms. The van der Waals surface area contributed by atoms with Crippen molar-refractivity contribution in [3.8, 4) is 0 Å². The second kappa shape index (κ2) is 7.89. The van der Waals surface area contributed by atoms with Crippen molar-refractivity contribution in [3.63, 3.8) is 0 Å². The van der Waals surface area contributed by atoms with E-state index in [-0.39, 0.29) is 0 Å². The van der Waals surface area contributed by atoms with Gasteiger partial charge >= 0.3 is 0 Å². The first-order valence-electron chi connectivity index (χ1n) is 6.47. The Morgan fingerprint density at radius 3 is 2.70 bits per heavy atom. The Bertz CT molecular complexity index is 541. The number of aryl methyl sites for hydroxylation is 1. The van der Waals surface area contributed by atoms with Crippen LogP contribution in [0.3, 0.4) is 0 Å². The molecule has 0 amide bonds. The molecule has 108 valence electrons. The summed E-state index contributed by atoms with van der Waals surface area (Å²) in [5.74, 6) is 0. The smallest absolute Gasteiger partial charge is 0.0945 e. The van der Waals surface area contributed by atoms with Crippen LogP contribution >= 0.6 is 34.8 Å². The van der Waals surface area contributed by atoms with Gasteiger partial charge in [-0.2, -0.15) is 0 Å². The third kappa shape index (κ3) is 4.38. The zero-order chi connectivity index (χ0) is 14.4. The Morgan fingerprint density at radius 1 is 1.10 bits per heavy atom. The minimum atomic E-state index is 0.436. The van der Waals surface area contributed by atoms with Crippen molar-refractivity contribution in [2.75, 3.05) is 13.1 Å². The normalized spacial score (nSPS) is 10.9. The number of aromatic nitrogens is 2. The van der Waals surface area contributed by atoms with Gasteiger partial charge in [0.1, 0.15) is 0 Å². The van der Waals surface area contributed by atoms with Gasteiger partial charge in [-0.3, -0.25) is 0 Å². The van der Waals surface area contributed by atoms with Crippen LogP contribution in [0.4, 0.5) is 0 Å². The minimum Gasteiger partial charge on any atom is -0.337 e. The maximum Gasteiger partial charge on any atom is 0.0945 e. The van der Waals surface area contributed by atoms with E-state index in [1.807, 2.05) is 18.6 Å². The Hall–Kier alpha value is -0.740. The molecule has 0 unspecified atom stereocenters. The van der Waals surface area contributed by atoms with Crippen molar-refractivity contribution in [1.29, 1.82) is 0 Å². The number of nitrogens with zero attached hydrogens (tertiary/aromatic N) is 2. The van der Waals surface area contributed by atoms with E-state index >= 15 is 0 Å². The van der Waals surface area contributed by atoms with Crippen molar-refractivity contribution in [3.05, 3.63) is 51.5 Å². The van der Waals surface area contributed by atoms with E-state index in [1.165, 1.54) is 0 Å². The van der Waals surface area contributed by atoms with E-state index in [0.717, 1.165) is 38.0 Å². The average molecular weight is 333 g/mol. The van der Waals surface area contributed by atoms with Crippen molar-refractivity contribution >= 4 is 34.8 Å². The molecule has 0 atom stereocenters. The molecule has 1 N–H and O–H groups in total. The van der Waals surface area contributed by atoms with Crippen molar-refractivity contribution in [2.45, 2.75) is 19.4 Å². The Labute approximate surface area is 133 Å². The molecule has 2 rings (SSSR count). The summed E-state index contributed by atoms with van der Waals surface area (Å²) in [5, 5.41) is 4.87. The van der Waals surface area contributed by atoms with Crippen molar-refractivity contribution in [2.24, 2.45) is 0 Å². The molecule has 0 radical (unpaired) electrons. The summed E-state index contributed by atoms with van der Waals surface area (Å²) in [4.78, 5) is 4.01.